The molecule has 0 atom stereocenters. The third-order valence-corrected chi connectivity index (χ3v) is 4.75. The van der Waals surface area contributed by atoms with E-state index in [0.29, 0.717) is 22.5 Å². The van der Waals surface area contributed by atoms with Crippen LogP contribution in [0.1, 0.15) is 5.56 Å². The van der Waals surface area contributed by atoms with E-state index in [2.05, 4.69) is 30.3 Å². The Kier molecular flexibility index (Phi) is 5.56. The standard InChI is InChI=1S/C18H16ClN7O2S/c19-14-10-21-18(23-13-5-6-16-20-7-8-26(16)11-13)25-17(14)24-15-4-2-1-3-12(15)9-22-29(27)28/h1-8,10-11,29H,9H2,(H,22,27,28)(H2,21,23,24,25). The first kappa shape index (κ1) is 19.1. The summed E-state index contributed by atoms with van der Waals surface area (Å²) >= 11 is 6.25. The molecule has 0 amide bonds. The second-order valence-electron chi connectivity index (χ2n) is 6.00. The zero-order valence-electron chi connectivity index (χ0n) is 14.9. The summed E-state index contributed by atoms with van der Waals surface area (Å²) in [5, 5.41) is 6.60. The monoisotopic (exact) mass is 429 g/mol. The van der Waals surface area contributed by atoms with E-state index in [1.165, 1.54) is 6.20 Å². The Balaban J connectivity index is 1.57. The summed E-state index contributed by atoms with van der Waals surface area (Å²) in [5.74, 6) is 0.751. The van der Waals surface area contributed by atoms with Gasteiger partial charge in [-0.3, -0.25) is 0 Å². The average molecular weight is 430 g/mol. The van der Waals surface area contributed by atoms with Crippen molar-refractivity contribution < 1.29 is 8.42 Å². The fourth-order valence-corrected chi connectivity index (χ4v) is 3.15. The van der Waals surface area contributed by atoms with Gasteiger partial charge in [0.05, 0.1) is 11.9 Å². The highest BCUT2D eigenvalue weighted by Gasteiger charge is 2.09. The highest BCUT2D eigenvalue weighted by molar-refractivity contribution is 7.70. The lowest BCUT2D eigenvalue weighted by atomic mass is 10.2. The molecular weight excluding hydrogens is 414 g/mol. The minimum atomic E-state index is -2.69. The SMILES string of the molecule is O=[SH](=O)NCc1ccccc1Nc1nc(Nc2ccc3nccn3c2)ncc1Cl. The van der Waals surface area contributed by atoms with Gasteiger partial charge in [0.1, 0.15) is 10.7 Å². The van der Waals surface area contributed by atoms with E-state index in [4.69, 9.17) is 11.6 Å². The third-order valence-electron chi connectivity index (χ3n) is 4.06. The summed E-state index contributed by atoms with van der Waals surface area (Å²) in [4.78, 5) is 12.9. The Morgan fingerprint density at radius 1 is 1.07 bits per heavy atom. The number of nitrogens with one attached hydrogen (secondary N) is 3. The summed E-state index contributed by atoms with van der Waals surface area (Å²) in [5.41, 5.74) is 3.05. The van der Waals surface area contributed by atoms with Crippen molar-refractivity contribution >= 4 is 51.3 Å². The molecule has 3 N–H and O–H groups in total. The zero-order valence-corrected chi connectivity index (χ0v) is 16.6. The maximum absolute atomic E-state index is 10.8. The van der Waals surface area contributed by atoms with Crippen molar-refractivity contribution in [1.29, 1.82) is 0 Å². The molecular formula is C18H16ClN7O2S. The highest BCUT2D eigenvalue weighted by atomic mass is 35.5. The highest BCUT2D eigenvalue weighted by Crippen LogP contribution is 2.26. The number of halogens is 1. The summed E-state index contributed by atoms with van der Waals surface area (Å²) in [6, 6.07) is 11.0. The van der Waals surface area contributed by atoms with Crippen LogP contribution in [0.15, 0.2) is 61.2 Å². The molecule has 0 aliphatic carbocycles. The average Bonchev–Trinajstić information content (AvgIpc) is 3.17. The first-order chi connectivity index (χ1) is 14.1. The minimum Gasteiger partial charge on any atom is -0.339 e. The van der Waals surface area contributed by atoms with Crippen molar-refractivity contribution in [2.75, 3.05) is 10.6 Å². The van der Waals surface area contributed by atoms with E-state index >= 15 is 0 Å². The Bertz CT molecular complexity index is 1230. The molecule has 0 spiro atoms. The molecule has 0 aliphatic heterocycles. The van der Waals surface area contributed by atoms with Crippen LogP contribution in [0.25, 0.3) is 5.65 Å². The van der Waals surface area contributed by atoms with Gasteiger partial charge in [-0.2, -0.15) is 4.98 Å². The van der Waals surface area contributed by atoms with E-state index in [1.54, 1.807) is 6.20 Å². The van der Waals surface area contributed by atoms with E-state index in [0.717, 1.165) is 16.9 Å². The molecule has 0 radical (unpaired) electrons. The maximum Gasteiger partial charge on any atom is 0.229 e. The minimum absolute atomic E-state index is 0.153. The van der Waals surface area contributed by atoms with Gasteiger partial charge < -0.3 is 15.0 Å². The summed E-state index contributed by atoms with van der Waals surface area (Å²) in [6.07, 6.45) is 6.93. The van der Waals surface area contributed by atoms with Crippen molar-refractivity contribution in [1.82, 2.24) is 24.1 Å². The van der Waals surface area contributed by atoms with Crippen LogP contribution >= 0.6 is 11.6 Å². The molecule has 4 rings (SSSR count). The summed E-state index contributed by atoms with van der Waals surface area (Å²) < 4.78 is 25.9. The smallest absolute Gasteiger partial charge is 0.229 e. The molecule has 4 aromatic rings. The quantitative estimate of drug-likeness (QED) is 0.334. The number of hydrogen-bond donors (Lipinski definition) is 4. The normalized spacial score (nSPS) is 11.1. The number of nitrogens with zero attached hydrogens (tertiary/aromatic N) is 4. The van der Waals surface area contributed by atoms with Crippen LogP contribution in [0.5, 0.6) is 0 Å². The van der Waals surface area contributed by atoms with Gasteiger partial charge in [-0.15, -0.1) is 0 Å². The lowest BCUT2D eigenvalue weighted by molar-refractivity contribution is 0.601. The number of aromatic nitrogens is 4. The number of fused-ring (bicyclic) bond motifs is 1. The van der Waals surface area contributed by atoms with Gasteiger partial charge in [-0.25, -0.2) is 23.1 Å². The first-order valence-electron chi connectivity index (χ1n) is 8.53. The van der Waals surface area contributed by atoms with Gasteiger partial charge in [-0.1, -0.05) is 29.8 Å². The Hall–Kier alpha value is -3.21. The molecule has 3 aromatic heterocycles. The van der Waals surface area contributed by atoms with E-state index in [9.17, 15) is 8.42 Å². The van der Waals surface area contributed by atoms with Crippen LogP contribution in [0.3, 0.4) is 0 Å². The fraction of sp³-hybridized carbons (Fsp3) is 0.0556. The molecule has 0 aliphatic rings. The lowest BCUT2D eigenvalue weighted by Gasteiger charge is -2.13. The lowest BCUT2D eigenvalue weighted by Crippen LogP contribution is -2.12. The number of pyridine rings is 1. The van der Waals surface area contributed by atoms with Crippen LogP contribution in [-0.4, -0.2) is 27.8 Å². The molecule has 0 fully saturated rings. The van der Waals surface area contributed by atoms with Gasteiger partial charge in [0.2, 0.25) is 16.8 Å². The van der Waals surface area contributed by atoms with Gasteiger partial charge in [-0.05, 0) is 23.8 Å². The van der Waals surface area contributed by atoms with E-state index < -0.39 is 10.9 Å². The van der Waals surface area contributed by atoms with Crippen molar-refractivity contribution in [3.05, 3.63) is 71.8 Å². The molecule has 0 bridgehead atoms. The second kappa shape index (κ2) is 8.43. The van der Waals surface area contributed by atoms with Crippen LogP contribution in [0.4, 0.5) is 23.1 Å². The molecule has 0 saturated heterocycles. The number of para-hydroxylation sites is 1. The number of thiol groups is 1. The van der Waals surface area contributed by atoms with Crippen molar-refractivity contribution in [3.63, 3.8) is 0 Å². The molecule has 148 valence electrons. The van der Waals surface area contributed by atoms with Gasteiger partial charge in [0.25, 0.3) is 0 Å². The first-order valence-corrected chi connectivity index (χ1v) is 10.1. The number of imidazole rings is 1. The largest absolute Gasteiger partial charge is 0.339 e. The zero-order chi connectivity index (χ0) is 20.2. The van der Waals surface area contributed by atoms with Gasteiger partial charge in [0, 0.05) is 30.8 Å². The topological polar surface area (TPSA) is 113 Å². The Morgan fingerprint density at radius 2 is 1.93 bits per heavy atom. The molecule has 29 heavy (non-hydrogen) atoms. The molecule has 3 heterocycles. The molecule has 1 aromatic carbocycles. The number of anilines is 4. The van der Waals surface area contributed by atoms with Gasteiger partial charge in [0.15, 0.2) is 5.82 Å². The molecule has 9 nitrogen and oxygen atoms in total. The predicted octanol–water partition coefficient (Wildman–Crippen LogP) is 2.88. The second-order valence-corrected chi connectivity index (χ2v) is 7.24. The molecule has 0 unspecified atom stereocenters. The maximum atomic E-state index is 10.8. The number of hydrogen-bond acceptors (Lipinski definition) is 7. The van der Waals surface area contributed by atoms with Crippen molar-refractivity contribution in [2.45, 2.75) is 6.54 Å². The molecule has 11 heteroatoms. The van der Waals surface area contributed by atoms with Crippen LogP contribution in [0, 0.1) is 0 Å². The summed E-state index contributed by atoms with van der Waals surface area (Å²) in [7, 11) is -2.69. The van der Waals surface area contributed by atoms with Crippen LogP contribution < -0.4 is 15.4 Å². The van der Waals surface area contributed by atoms with Crippen molar-refractivity contribution in [2.24, 2.45) is 0 Å². The van der Waals surface area contributed by atoms with E-state index in [1.807, 2.05) is 53.2 Å². The fourth-order valence-electron chi connectivity index (χ4n) is 2.71. The predicted molar refractivity (Wildman–Crippen MR) is 112 cm³/mol. The molecule has 0 saturated carbocycles. The van der Waals surface area contributed by atoms with Crippen molar-refractivity contribution in [3.8, 4) is 0 Å². The van der Waals surface area contributed by atoms with Crippen LogP contribution in [-0.2, 0) is 17.4 Å². The number of benzene rings is 1. The van der Waals surface area contributed by atoms with Crippen LogP contribution in [0.2, 0.25) is 5.02 Å². The third kappa shape index (κ3) is 4.62. The summed E-state index contributed by atoms with van der Waals surface area (Å²) in [6.45, 7) is 0.153. The van der Waals surface area contributed by atoms with E-state index in [-0.39, 0.29) is 6.54 Å². The Morgan fingerprint density at radius 3 is 2.79 bits per heavy atom. The Labute approximate surface area is 172 Å². The van der Waals surface area contributed by atoms with Gasteiger partial charge >= 0.3 is 0 Å². The number of rotatable bonds is 7.